The molecule has 0 atom stereocenters. The zero-order valence-electron chi connectivity index (χ0n) is 10.6. The molecule has 1 fully saturated rings. The quantitative estimate of drug-likeness (QED) is 0.654. The molecule has 0 aromatic rings. The zero-order valence-corrected chi connectivity index (χ0v) is 10.6. The minimum absolute atomic E-state index is 0.0108. The molecular weight excluding hydrogens is 220 g/mol. The highest BCUT2D eigenvalue weighted by atomic mass is 16.4. The van der Waals surface area contributed by atoms with Gasteiger partial charge in [-0.25, -0.2) is 4.79 Å². The second-order valence-corrected chi connectivity index (χ2v) is 5.20. The summed E-state index contributed by atoms with van der Waals surface area (Å²) in [5, 5.41) is 27.5. The summed E-state index contributed by atoms with van der Waals surface area (Å²) >= 11 is 0. The first-order valence-electron chi connectivity index (χ1n) is 6.08. The summed E-state index contributed by atoms with van der Waals surface area (Å²) < 4.78 is 0. The second kappa shape index (κ2) is 5.65. The topological polar surface area (TPSA) is 77.8 Å². The van der Waals surface area contributed by atoms with E-state index in [1.54, 1.807) is 6.92 Å². The molecule has 0 unspecified atom stereocenters. The standard InChI is InChI=1S/C13H22O4/c1-9(10(2)12(16)17)11-3-5-13(7-14,8-15)6-4-11/h11,14-15H,3-8H2,1-2H3,(H,16,17). The third kappa shape index (κ3) is 3.07. The molecule has 17 heavy (non-hydrogen) atoms. The smallest absolute Gasteiger partial charge is 0.331 e. The van der Waals surface area contributed by atoms with E-state index >= 15 is 0 Å². The molecule has 0 aliphatic heterocycles. The molecule has 4 heteroatoms. The summed E-state index contributed by atoms with van der Waals surface area (Å²) in [6, 6.07) is 0. The van der Waals surface area contributed by atoms with Crippen LogP contribution in [0.5, 0.6) is 0 Å². The largest absolute Gasteiger partial charge is 0.478 e. The molecule has 1 aliphatic carbocycles. The fourth-order valence-electron chi connectivity index (χ4n) is 2.50. The lowest BCUT2D eigenvalue weighted by Gasteiger charge is -2.38. The van der Waals surface area contributed by atoms with E-state index in [9.17, 15) is 15.0 Å². The van der Waals surface area contributed by atoms with Crippen LogP contribution in [0.3, 0.4) is 0 Å². The van der Waals surface area contributed by atoms with Crippen LogP contribution in [0.15, 0.2) is 11.1 Å². The molecule has 3 N–H and O–H groups in total. The van der Waals surface area contributed by atoms with Gasteiger partial charge in [-0.1, -0.05) is 5.57 Å². The van der Waals surface area contributed by atoms with Crippen molar-refractivity contribution < 1.29 is 20.1 Å². The highest BCUT2D eigenvalue weighted by Crippen LogP contribution is 2.41. The number of carboxylic acid groups (broad SMARTS) is 1. The number of allylic oxidation sites excluding steroid dienone is 1. The lowest BCUT2D eigenvalue weighted by molar-refractivity contribution is -0.132. The molecule has 0 saturated heterocycles. The van der Waals surface area contributed by atoms with Crippen molar-refractivity contribution in [3.05, 3.63) is 11.1 Å². The van der Waals surface area contributed by atoms with Crippen molar-refractivity contribution in [3.63, 3.8) is 0 Å². The molecule has 0 aromatic carbocycles. The Morgan fingerprint density at radius 1 is 1.18 bits per heavy atom. The predicted octanol–water partition coefficient (Wildman–Crippen LogP) is 1.57. The summed E-state index contributed by atoms with van der Waals surface area (Å²) in [5.41, 5.74) is 1.01. The number of rotatable bonds is 4. The number of aliphatic hydroxyl groups is 2. The van der Waals surface area contributed by atoms with Gasteiger partial charge in [0.05, 0.1) is 13.2 Å². The number of carbonyl (C=O) groups is 1. The third-order valence-corrected chi connectivity index (χ3v) is 4.24. The van der Waals surface area contributed by atoms with E-state index in [-0.39, 0.29) is 24.5 Å². The van der Waals surface area contributed by atoms with Crippen molar-refractivity contribution in [3.8, 4) is 0 Å². The van der Waals surface area contributed by atoms with Gasteiger partial charge >= 0.3 is 5.97 Å². The fourth-order valence-corrected chi connectivity index (χ4v) is 2.50. The van der Waals surface area contributed by atoms with Crippen LogP contribution in [0.1, 0.15) is 39.5 Å². The molecule has 1 rings (SSSR count). The Hall–Kier alpha value is -0.870. The van der Waals surface area contributed by atoms with Gasteiger partial charge in [-0.15, -0.1) is 0 Å². The number of aliphatic carboxylic acids is 1. The van der Waals surface area contributed by atoms with E-state index in [1.165, 1.54) is 0 Å². The molecule has 0 radical (unpaired) electrons. The molecular formula is C13H22O4. The molecule has 0 bridgehead atoms. The van der Waals surface area contributed by atoms with Gasteiger partial charge in [-0.3, -0.25) is 0 Å². The second-order valence-electron chi connectivity index (χ2n) is 5.20. The van der Waals surface area contributed by atoms with Gasteiger partial charge in [0, 0.05) is 11.0 Å². The van der Waals surface area contributed by atoms with E-state index in [1.807, 2.05) is 6.92 Å². The van der Waals surface area contributed by atoms with Crippen LogP contribution in [0.2, 0.25) is 0 Å². The third-order valence-electron chi connectivity index (χ3n) is 4.24. The Morgan fingerprint density at radius 2 is 1.65 bits per heavy atom. The molecule has 0 spiro atoms. The fraction of sp³-hybridized carbons (Fsp3) is 0.769. The van der Waals surface area contributed by atoms with Crippen LogP contribution in [0.4, 0.5) is 0 Å². The highest BCUT2D eigenvalue weighted by Gasteiger charge is 2.35. The van der Waals surface area contributed by atoms with E-state index < -0.39 is 5.97 Å². The predicted molar refractivity (Wildman–Crippen MR) is 64.6 cm³/mol. The van der Waals surface area contributed by atoms with Crippen molar-refractivity contribution >= 4 is 5.97 Å². The van der Waals surface area contributed by atoms with Crippen molar-refractivity contribution in [2.75, 3.05) is 13.2 Å². The number of carboxylic acids is 1. The van der Waals surface area contributed by atoms with Gasteiger partial charge in [0.15, 0.2) is 0 Å². The molecule has 1 aliphatic rings. The first-order valence-corrected chi connectivity index (χ1v) is 6.08. The Kier molecular flexibility index (Phi) is 4.71. The van der Waals surface area contributed by atoms with E-state index in [2.05, 4.69) is 0 Å². The van der Waals surface area contributed by atoms with Crippen LogP contribution in [0, 0.1) is 11.3 Å². The summed E-state index contributed by atoms with van der Waals surface area (Å²) in [4.78, 5) is 10.9. The summed E-state index contributed by atoms with van der Waals surface area (Å²) in [7, 11) is 0. The Morgan fingerprint density at radius 3 is 2.00 bits per heavy atom. The lowest BCUT2D eigenvalue weighted by atomic mass is 9.69. The number of hydrogen-bond donors (Lipinski definition) is 3. The van der Waals surface area contributed by atoms with Crippen LogP contribution >= 0.6 is 0 Å². The number of hydrogen-bond acceptors (Lipinski definition) is 3. The average molecular weight is 242 g/mol. The van der Waals surface area contributed by atoms with Crippen molar-refractivity contribution in [1.82, 2.24) is 0 Å². The van der Waals surface area contributed by atoms with Crippen molar-refractivity contribution in [2.45, 2.75) is 39.5 Å². The Labute approximate surface area is 102 Å². The van der Waals surface area contributed by atoms with Crippen LogP contribution in [0.25, 0.3) is 0 Å². The SMILES string of the molecule is CC(C(=O)O)=C(C)C1CCC(CO)(CO)CC1. The van der Waals surface area contributed by atoms with Gasteiger partial charge < -0.3 is 15.3 Å². The molecule has 1 saturated carbocycles. The molecule has 98 valence electrons. The maximum Gasteiger partial charge on any atom is 0.331 e. The van der Waals surface area contributed by atoms with Gasteiger partial charge in [-0.2, -0.15) is 0 Å². The van der Waals surface area contributed by atoms with Crippen LogP contribution < -0.4 is 0 Å². The summed E-state index contributed by atoms with van der Waals surface area (Å²) in [5.74, 6) is -0.582. The first-order chi connectivity index (χ1) is 7.95. The maximum atomic E-state index is 10.9. The average Bonchev–Trinajstić information content (AvgIpc) is 2.37. The van der Waals surface area contributed by atoms with E-state index in [0.29, 0.717) is 5.57 Å². The van der Waals surface area contributed by atoms with Gasteiger partial charge in [0.25, 0.3) is 0 Å². The minimum Gasteiger partial charge on any atom is -0.478 e. The highest BCUT2D eigenvalue weighted by molar-refractivity contribution is 5.86. The Balaban J connectivity index is 2.70. The maximum absolute atomic E-state index is 10.9. The molecule has 0 aromatic heterocycles. The minimum atomic E-state index is -0.858. The van der Waals surface area contributed by atoms with Gasteiger partial charge in [-0.05, 0) is 45.4 Å². The Bertz CT molecular complexity index is 305. The molecule has 4 nitrogen and oxygen atoms in total. The van der Waals surface area contributed by atoms with Gasteiger partial charge in [0.1, 0.15) is 0 Å². The monoisotopic (exact) mass is 242 g/mol. The molecule has 0 heterocycles. The summed E-state index contributed by atoms with van der Waals surface area (Å²) in [6.45, 7) is 3.53. The van der Waals surface area contributed by atoms with Gasteiger partial charge in [0.2, 0.25) is 0 Å². The van der Waals surface area contributed by atoms with Crippen LogP contribution in [-0.4, -0.2) is 34.5 Å². The van der Waals surface area contributed by atoms with E-state index in [4.69, 9.17) is 5.11 Å². The van der Waals surface area contributed by atoms with E-state index in [0.717, 1.165) is 31.3 Å². The van der Waals surface area contributed by atoms with Crippen molar-refractivity contribution in [1.29, 1.82) is 0 Å². The number of aliphatic hydroxyl groups excluding tert-OH is 2. The van der Waals surface area contributed by atoms with Crippen LogP contribution in [-0.2, 0) is 4.79 Å². The first kappa shape index (κ1) is 14.2. The summed E-state index contributed by atoms with van der Waals surface area (Å²) in [6.07, 6.45) is 3.21. The normalized spacial score (nSPS) is 22.1. The van der Waals surface area contributed by atoms with Crippen molar-refractivity contribution in [2.24, 2.45) is 11.3 Å². The zero-order chi connectivity index (χ0) is 13.1. The molecule has 0 amide bonds. The lowest BCUT2D eigenvalue weighted by Crippen LogP contribution is -2.35.